The van der Waals surface area contributed by atoms with Gasteiger partial charge < -0.3 is 18.6 Å². The number of methoxy groups -OCH3 is 1. The zero-order valence-corrected chi connectivity index (χ0v) is 18.5. The van der Waals surface area contributed by atoms with Crippen molar-refractivity contribution < 1.29 is 23.4 Å². The van der Waals surface area contributed by atoms with E-state index in [0.29, 0.717) is 41.0 Å². The van der Waals surface area contributed by atoms with Gasteiger partial charge in [0, 0.05) is 11.1 Å². The van der Waals surface area contributed by atoms with Crippen LogP contribution >= 0.6 is 0 Å². The van der Waals surface area contributed by atoms with Crippen LogP contribution in [0.25, 0.3) is 22.9 Å². The third-order valence-corrected chi connectivity index (χ3v) is 4.93. The molecular formula is C26H24N2O5. The Balaban J connectivity index is 1.40. The minimum absolute atomic E-state index is 0.364. The summed E-state index contributed by atoms with van der Waals surface area (Å²) < 4.78 is 22.0. The van der Waals surface area contributed by atoms with Crippen LogP contribution in [-0.2, 0) is 0 Å². The van der Waals surface area contributed by atoms with E-state index in [-0.39, 0.29) is 0 Å². The molecule has 0 aliphatic rings. The number of carbonyl (C=O) groups is 1. The second kappa shape index (κ2) is 10.5. The van der Waals surface area contributed by atoms with E-state index in [0.717, 1.165) is 24.2 Å². The summed E-state index contributed by atoms with van der Waals surface area (Å²) in [6, 6.07) is 21.2. The fourth-order valence-electron chi connectivity index (χ4n) is 3.04. The molecule has 0 N–H and O–H groups in total. The van der Waals surface area contributed by atoms with Gasteiger partial charge in [-0.15, -0.1) is 10.2 Å². The van der Waals surface area contributed by atoms with Crippen LogP contribution in [-0.4, -0.2) is 29.9 Å². The molecule has 0 aliphatic carbocycles. The third-order valence-electron chi connectivity index (χ3n) is 4.93. The first-order valence-electron chi connectivity index (χ1n) is 10.7. The molecule has 7 heteroatoms. The first-order valence-corrected chi connectivity index (χ1v) is 10.7. The number of hydrogen-bond acceptors (Lipinski definition) is 7. The molecule has 0 spiro atoms. The molecular weight excluding hydrogens is 420 g/mol. The molecule has 0 amide bonds. The van der Waals surface area contributed by atoms with Crippen molar-refractivity contribution in [2.24, 2.45) is 0 Å². The standard InChI is InChI=1S/C26H24N2O5/c1-3-4-17-31-22-11-9-19(10-12-22)25-28-27-24(33-25)18-5-7-20(8-6-18)26(29)32-23-15-13-21(30-2)14-16-23/h5-16H,3-4,17H2,1-2H3. The number of rotatable bonds is 9. The van der Waals surface area contributed by atoms with E-state index in [4.69, 9.17) is 18.6 Å². The van der Waals surface area contributed by atoms with Crippen LogP contribution in [0.5, 0.6) is 17.2 Å². The third kappa shape index (κ3) is 5.57. The second-order valence-corrected chi connectivity index (χ2v) is 7.28. The SMILES string of the molecule is CCCCOc1ccc(-c2nnc(-c3ccc(C(=O)Oc4ccc(OC)cc4)cc3)o2)cc1. The van der Waals surface area contributed by atoms with Crippen LogP contribution in [0.1, 0.15) is 30.1 Å². The smallest absolute Gasteiger partial charge is 0.343 e. The summed E-state index contributed by atoms with van der Waals surface area (Å²) in [6.07, 6.45) is 2.11. The highest BCUT2D eigenvalue weighted by atomic mass is 16.5. The van der Waals surface area contributed by atoms with E-state index in [1.54, 1.807) is 55.6 Å². The van der Waals surface area contributed by atoms with E-state index in [9.17, 15) is 4.79 Å². The average Bonchev–Trinajstić information content (AvgIpc) is 3.35. The summed E-state index contributed by atoms with van der Waals surface area (Å²) >= 11 is 0. The number of nitrogens with zero attached hydrogens (tertiary/aromatic N) is 2. The van der Waals surface area contributed by atoms with Crippen LogP contribution in [0, 0.1) is 0 Å². The largest absolute Gasteiger partial charge is 0.497 e. The lowest BCUT2D eigenvalue weighted by Crippen LogP contribution is -2.08. The lowest BCUT2D eigenvalue weighted by Gasteiger charge is -2.06. The molecule has 0 unspecified atom stereocenters. The monoisotopic (exact) mass is 444 g/mol. The van der Waals surface area contributed by atoms with E-state index in [2.05, 4.69) is 17.1 Å². The number of unbranched alkanes of at least 4 members (excludes halogenated alkanes) is 1. The number of ether oxygens (including phenoxy) is 3. The molecule has 3 aromatic carbocycles. The molecule has 4 aromatic rings. The fraction of sp³-hybridized carbons (Fsp3) is 0.192. The predicted molar refractivity (Wildman–Crippen MR) is 124 cm³/mol. The summed E-state index contributed by atoms with van der Waals surface area (Å²) in [4.78, 5) is 12.4. The number of benzene rings is 3. The van der Waals surface area contributed by atoms with E-state index in [1.165, 1.54) is 0 Å². The topological polar surface area (TPSA) is 83.7 Å². The molecule has 0 atom stereocenters. The normalized spacial score (nSPS) is 10.6. The second-order valence-electron chi connectivity index (χ2n) is 7.28. The van der Waals surface area contributed by atoms with Gasteiger partial charge in [-0.3, -0.25) is 0 Å². The van der Waals surface area contributed by atoms with Gasteiger partial charge in [-0.25, -0.2) is 4.79 Å². The predicted octanol–water partition coefficient (Wildman–Crippen LogP) is 5.81. The Labute approximate surface area is 191 Å². The summed E-state index contributed by atoms with van der Waals surface area (Å²) in [7, 11) is 1.58. The molecule has 0 saturated carbocycles. The van der Waals surface area contributed by atoms with Crippen LogP contribution in [0.4, 0.5) is 0 Å². The molecule has 33 heavy (non-hydrogen) atoms. The van der Waals surface area contributed by atoms with Crippen molar-refractivity contribution in [3.05, 3.63) is 78.4 Å². The minimum atomic E-state index is -0.459. The van der Waals surface area contributed by atoms with Crippen LogP contribution < -0.4 is 14.2 Å². The average molecular weight is 444 g/mol. The molecule has 1 heterocycles. The van der Waals surface area contributed by atoms with Gasteiger partial charge in [-0.05, 0) is 79.2 Å². The van der Waals surface area contributed by atoms with Gasteiger partial charge in [0.2, 0.25) is 11.8 Å². The molecule has 1 aromatic heterocycles. The number of esters is 1. The Hall–Kier alpha value is -4.13. The van der Waals surface area contributed by atoms with Gasteiger partial charge in [-0.2, -0.15) is 0 Å². The van der Waals surface area contributed by atoms with Gasteiger partial charge in [0.1, 0.15) is 17.2 Å². The highest BCUT2D eigenvalue weighted by Crippen LogP contribution is 2.26. The molecule has 7 nitrogen and oxygen atoms in total. The van der Waals surface area contributed by atoms with E-state index < -0.39 is 5.97 Å². The Bertz CT molecular complexity index is 1180. The Morgan fingerprint density at radius 3 is 1.91 bits per heavy atom. The van der Waals surface area contributed by atoms with Crippen molar-refractivity contribution in [2.75, 3.05) is 13.7 Å². The Kier molecular flexibility index (Phi) is 6.99. The quantitative estimate of drug-likeness (QED) is 0.183. The first kappa shape index (κ1) is 22.1. The molecule has 0 aliphatic heterocycles. The van der Waals surface area contributed by atoms with Crippen molar-refractivity contribution in [1.82, 2.24) is 10.2 Å². The minimum Gasteiger partial charge on any atom is -0.497 e. The molecule has 0 fully saturated rings. The van der Waals surface area contributed by atoms with Gasteiger partial charge in [0.25, 0.3) is 0 Å². The highest BCUT2D eigenvalue weighted by molar-refractivity contribution is 5.91. The molecule has 0 radical (unpaired) electrons. The summed E-state index contributed by atoms with van der Waals surface area (Å²) in [6.45, 7) is 2.82. The maximum Gasteiger partial charge on any atom is 0.343 e. The number of hydrogen-bond donors (Lipinski definition) is 0. The van der Waals surface area contributed by atoms with Crippen molar-refractivity contribution in [3.63, 3.8) is 0 Å². The maximum atomic E-state index is 12.4. The highest BCUT2D eigenvalue weighted by Gasteiger charge is 2.13. The Morgan fingerprint density at radius 1 is 0.788 bits per heavy atom. The summed E-state index contributed by atoms with van der Waals surface area (Å²) in [5.41, 5.74) is 1.92. The van der Waals surface area contributed by atoms with Gasteiger partial charge in [0.15, 0.2) is 0 Å². The zero-order valence-electron chi connectivity index (χ0n) is 18.5. The summed E-state index contributed by atoms with van der Waals surface area (Å²) in [5, 5.41) is 8.26. The molecule has 0 saturated heterocycles. The van der Waals surface area contributed by atoms with E-state index >= 15 is 0 Å². The van der Waals surface area contributed by atoms with Crippen molar-refractivity contribution >= 4 is 5.97 Å². The van der Waals surface area contributed by atoms with Crippen LogP contribution in [0.2, 0.25) is 0 Å². The number of aromatic nitrogens is 2. The van der Waals surface area contributed by atoms with Gasteiger partial charge in [0.05, 0.1) is 19.3 Å². The molecule has 168 valence electrons. The van der Waals surface area contributed by atoms with Crippen LogP contribution in [0.15, 0.2) is 77.2 Å². The van der Waals surface area contributed by atoms with Gasteiger partial charge in [-0.1, -0.05) is 13.3 Å². The zero-order chi connectivity index (χ0) is 23.0. The fourth-order valence-corrected chi connectivity index (χ4v) is 3.04. The Morgan fingerprint density at radius 2 is 1.33 bits per heavy atom. The summed E-state index contributed by atoms with van der Waals surface area (Å²) in [5.74, 6) is 2.25. The maximum absolute atomic E-state index is 12.4. The van der Waals surface area contributed by atoms with E-state index in [1.807, 2.05) is 24.3 Å². The number of carbonyl (C=O) groups excluding carboxylic acids is 1. The van der Waals surface area contributed by atoms with Gasteiger partial charge >= 0.3 is 5.97 Å². The molecule has 4 rings (SSSR count). The lowest BCUT2D eigenvalue weighted by atomic mass is 10.1. The van der Waals surface area contributed by atoms with Crippen molar-refractivity contribution in [3.8, 4) is 40.2 Å². The first-order chi connectivity index (χ1) is 16.2. The van der Waals surface area contributed by atoms with Crippen molar-refractivity contribution in [2.45, 2.75) is 19.8 Å². The van der Waals surface area contributed by atoms with Crippen LogP contribution in [0.3, 0.4) is 0 Å². The van der Waals surface area contributed by atoms with Crippen molar-refractivity contribution in [1.29, 1.82) is 0 Å². The molecule has 0 bridgehead atoms. The lowest BCUT2D eigenvalue weighted by molar-refractivity contribution is 0.0734.